The lowest BCUT2D eigenvalue weighted by atomic mass is 9.74. The van der Waals surface area contributed by atoms with Gasteiger partial charge in [-0.2, -0.15) is 9.78 Å². The fourth-order valence-electron chi connectivity index (χ4n) is 4.25. The minimum atomic E-state index is -0.124. The van der Waals surface area contributed by atoms with Crippen molar-refractivity contribution in [3.63, 3.8) is 0 Å². The first-order chi connectivity index (χ1) is 11.2. The molecule has 4 heterocycles. The Kier molecular flexibility index (Phi) is 2.65. The van der Waals surface area contributed by atoms with E-state index in [4.69, 9.17) is 4.74 Å². The van der Waals surface area contributed by atoms with Crippen LogP contribution < -0.4 is 5.56 Å². The second kappa shape index (κ2) is 4.61. The number of aryl methyl sites for hydroxylation is 1. The van der Waals surface area contributed by atoms with E-state index in [1.807, 2.05) is 0 Å². The van der Waals surface area contributed by atoms with Crippen molar-refractivity contribution < 1.29 is 4.74 Å². The smallest absolute Gasteiger partial charge is 0.274 e. The molecule has 3 aliphatic rings. The van der Waals surface area contributed by atoms with Crippen molar-refractivity contribution in [1.82, 2.24) is 9.66 Å². The van der Waals surface area contributed by atoms with Crippen LogP contribution in [0.15, 0.2) is 46.4 Å². The molecular weight excluding hydrogens is 290 g/mol. The predicted molar refractivity (Wildman–Crippen MR) is 85.7 cm³/mol. The minimum absolute atomic E-state index is 0.124. The normalized spacial score (nSPS) is 30.7. The van der Waals surface area contributed by atoms with Gasteiger partial charge in [-0.15, -0.1) is 0 Å². The number of nitrogens with zero attached hydrogens (tertiary/aromatic N) is 3. The molecule has 4 atom stereocenters. The van der Waals surface area contributed by atoms with Gasteiger partial charge in [0, 0.05) is 18.2 Å². The van der Waals surface area contributed by atoms with E-state index in [0.29, 0.717) is 0 Å². The molecule has 23 heavy (non-hydrogen) atoms. The van der Waals surface area contributed by atoms with Gasteiger partial charge in [-0.25, -0.2) is 4.98 Å². The second-order valence-corrected chi connectivity index (χ2v) is 6.65. The molecule has 5 heteroatoms. The topological polar surface area (TPSA) is 56.5 Å². The number of ether oxygens (including phenoxy) is 1. The van der Waals surface area contributed by atoms with Crippen LogP contribution in [0.25, 0.3) is 0 Å². The lowest BCUT2D eigenvalue weighted by molar-refractivity contribution is 0.0963. The number of aromatic nitrogens is 2. The lowest BCUT2D eigenvalue weighted by Crippen LogP contribution is -2.41. The highest BCUT2D eigenvalue weighted by atomic mass is 16.5. The summed E-state index contributed by atoms with van der Waals surface area (Å²) in [6.45, 7) is 2.07. The highest BCUT2D eigenvalue weighted by Crippen LogP contribution is 2.50. The molecule has 5 nitrogen and oxygen atoms in total. The van der Waals surface area contributed by atoms with Crippen LogP contribution in [0.4, 0.5) is 0 Å². The number of hydrogen-bond donors (Lipinski definition) is 0. The number of rotatable bonds is 1. The molecule has 0 unspecified atom stereocenters. The van der Waals surface area contributed by atoms with Crippen molar-refractivity contribution in [3.8, 4) is 0 Å². The Bertz CT molecular complexity index is 869. The summed E-state index contributed by atoms with van der Waals surface area (Å²) in [5, 5.41) is 4.68. The largest absolute Gasteiger partial charge is 0.373 e. The van der Waals surface area contributed by atoms with Crippen molar-refractivity contribution in [2.24, 2.45) is 11.0 Å². The molecule has 1 aromatic heterocycles. The number of benzene rings is 1. The van der Waals surface area contributed by atoms with Crippen LogP contribution in [0, 0.1) is 12.8 Å². The van der Waals surface area contributed by atoms with Crippen LogP contribution in [-0.2, 0) is 4.74 Å². The lowest BCUT2D eigenvalue weighted by Gasteiger charge is -2.33. The summed E-state index contributed by atoms with van der Waals surface area (Å²) < 4.78 is 7.63. The van der Waals surface area contributed by atoms with E-state index in [-0.39, 0.29) is 29.6 Å². The van der Waals surface area contributed by atoms with Crippen LogP contribution in [0.2, 0.25) is 0 Å². The van der Waals surface area contributed by atoms with Crippen molar-refractivity contribution in [3.05, 3.63) is 63.8 Å². The number of fused-ring (bicyclic) bond motifs is 7. The summed E-state index contributed by atoms with van der Waals surface area (Å²) in [7, 11) is 0. The van der Waals surface area contributed by atoms with Gasteiger partial charge in [-0.1, -0.05) is 29.8 Å². The molecular formula is C18H17N3O2. The van der Waals surface area contributed by atoms with Crippen molar-refractivity contribution >= 4 is 5.71 Å². The Hall–Kier alpha value is -2.27. The summed E-state index contributed by atoms with van der Waals surface area (Å²) in [4.78, 5) is 16.7. The van der Waals surface area contributed by atoms with Gasteiger partial charge in [-0.3, -0.25) is 4.79 Å². The van der Waals surface area contributed by atoms with E-state index in [0.717, 1.165) is 29.9 Å². The van der Waals surface area contributed by atoms with Gasteiger partial charge in [0.05, 0.1) is 23.8 Å². The zero-order valence-corrected chi connectivity index (χ0v) is 12.8. The van der Waals surface area contributed by atoms with E-state index in [1.54, 1.807) is 6.20 Å². The molecule has 0 radical (unpaired) electrons. The van der Waals surface area contributed by atoms with Gasteiger partial charge in [0.25, 0.3) is 5.56 Å². The quantitative estimate of drug-likeness (QED) is 0.810. The molecule has 2 bridgehead atoms. The first-order valence-electron chi connectivity index (χ1n) is 8.12. The highest BCUT2D eigenvalue weighted by molar-refractivity contribution is 6.04. The van der Waals surface area contributed by atoms with E-state index < -0.39 is 0 Å². The predicted octanol–water partition coefficient (Wildman–Crippen LogP) is 2.08. The SMILES string of the molecule is Cc1ccc(C2=Nn3c(nccc3=O)[C@H]3[C@@H]2[C@@H]2CC[C@H]3O2)cc1. The van der Waals surface area contributed by atoms with Crippen LogP contribution in [0.5, 0.6) is 0 Å². The van der Waals surface area contributed by atoms with Crippen molar-refractivity contribution in [1.29, 1.82) is 0 Å². The summed E-state index contributed by atoms with van der Waals surface area (Å²) in [6, 6.07) is 9.81. The third-order valence-electron chi connectivity index (χ3n) is 5.29. The van der Waals surface area contributed by atoms with Crippen LogP contribution in [-0.4, -0.2) is 27.6 Å². The molecule has 3 aliphatic heterocycles. The van der Waals surface area contributed by atoms with Crippen molar-refractivity contribution in [2.45, 2.75) is 37.9 Å². The Morgan fingerprint density at radius 1 is 1.09 bits per heavy atom. The zero-order valence-electron chi connectivity index (χ0n) is 12.8. The van der Waals surface area contributed by atoms with Gasteiger partial charge in [0.1, 0.15) is 5.82 Å². The maximum Gasteiger partial charge on any atom is 0.274 e. The van der Waals surface area contributed by atoms with Crippen molar-refractivity contribution in [2.75, 3.05) is 0 Å². The fourth-order valence-corrected chi connectivity index (χ4v) is 4.25. The zero-order chi connectivity index (χ0) is 15.6. The highest BCUT2D eigenvalue weighted by Gasteiger charge is 2.55. The van der Waals surface area contributed by atoms with Crippen LogP contribution >= 0.6 is 0 Å². The Labute approximate surface area is 133 Å². The molecule has 0 amide bonds. The average Bonchev–Trinajstić information content (AvgIpc) is 3.18. The molecule has 0 N–H and O–H groups in total. The first-order valence-corrected chi connectivity index (χ1v) is 8.12. The molecule has 1 aromatic carbocycles. The monoisotopic (exact) mass is 307 g/mol. The van der Waals surface area contributed by atoms with Crippen LogP contribution in [0.3, 0.4) is 0 Å². The van der Waals surface area contributed by atoms with Gasteiger partial charge in [0.15, 0.2) is 0 Å². The standard InChI is InChI=1S/C18H17N3O2/c1-10-2-4-11(5-3-10)17-15-12-6-7-13(23-12)16(15)18-19-9-8-14(22)21(18)20-17/h2-5,8-9,12-13,15-16H,6-7H2,1H3/t12-,13+,15-,16+/m0/s1. The van der Waals surface area contributed by atoms with E-state index in [9.17, 15) is 4.79 Å². The summed E-state index contributed by atoms with van der Waals surface area (Å²) >= 11 is 0. The van der Waals surface area contributed by atoms with Gasteiger partial charge in [-0.05, 0) is 25.3 Å². The molecule has 116 valence electrons. The fraction of sp³-hybridized carbons (Fsp3) is 0.389. The number of hydrogen-bond acceptors (Lipinski definition) is 4. The summed E-state index contributed by atoms with van der Waals surface area (Å²) in [5.41, 5.74) is 3.12. The van der Waals surface area contributed by atoms with Gasteiger partial charge >= 0.3 is 0 Å². The molecule has 0 saturated carbocycles. The molecule has 2 fully saturated rings. The minimum Gasteiger partial charge on any atom is -0.373 e. The maximum atomic E-state index is 12.3. The average molecular weight is 307 g/mol. The third kappa shape index (κ3) is 1.80. The molecule has 0 spiro atoms. The van der Waals surface area contributed by atoms with E-state index in [2.05, 4.69) is 41.3 Å². The summed E-state index contributed by atoms with van der Waals surface area (Å²) in [5.74, 6) is 1.09. The third-order valence-corrected chi connectivity index (χ3v) is 5.29. The second-order valence-electron chi connectivity index (χ2n) is 6.65. The maximum absolute atomic E-state index is 12.3. The molecule has 5 rings (SSSR count). The van der Waals surface area contributed by atoms with Crippen LogP contribution in [0.1, 0.15) is 35.7 Å². The van der Waals surface area contributed by atoms with Gasteiger partial charge < -0.3 is 4.74 Å². The Balaban J connectivity index is 1.74. The molecule has 2 saturated heterocycles. The molecule has 0 aliphatic carbocycles. The summed E-state index contributed by atoms with van der Waals surface area (Å²) in [6.07, 6.45) is 4.03. The Morgan fingerprint density at radius 2 is 1.83 bits per heavy atom. The first kappa shape index (κ1) is 13.2. The van der Waals surface area contributed by atoms with E-state index in [1.165, 1.54) is 16.3 Å². The van der Waals surface area contributed by atoms with Gasteiger partial charge in [0.2, 0.25) is 0 Å². The van der Waals surface area contributed by atoms with E-state index >= 15 is 0 Å². The Morgan fingerprint density at radius 3 is 2.61 bits per heavy atom. The molecule has 2 aromatic rings.